The van der Waals surface area contributed by atoms with E-state index in [0.29, 0.717) is 12.5 Å². The average molecular weight is 256 g/mol. The monoisotopic (exact) mass is 255 g/mol. The molecule has 0 saturated carbocycles. The average Bonchev–Trinajstić information content (AvgIpc) is 2.45. The van der Waals surface area contributed by atoms with Gasteiger partial charge in [-0.3, -0.25) is 0 Å². The number of rotatable bonds is 2. The third-order valence-electron chi connectivity index (χ3n) is 2.73. The van der Waals surface area contributed by atoms with Gasteiger partial charge in [-0.15, -0.1) is 0 Å². The van der Waals surface area contributed by atoms with Crippen LogP contribution in [0, 0.1) is 0 Å². The zero-order valence-electron chi connectivity index (χ0n) is 8.16. The van der Waals surface area contributed by atoms with E-state index in [0.717, 1.165) is 16.6 Å². The Hall–Kier alpha value is -0.540. The first kappa shape index (κ1) is 9.99. The Labute approximate surface area is 92.6 Å². The van der Waals surface area contributed by atoms with E-state index in [1.165, 1.54) is 5.56 Å². The molecule has 0 aromatic heterocycles. The fraction of sp³-hybridized carbons (Fsp3) is 0.455. The van der Waals surface area contributed by atoms with Crippen LogP contribution < -0.4 is 10.5 Å². The van der Waals surface area contributed by atoms with E-state index in [4.69, 9.17) is 10.5 Å². The number of hydrogen-bond acceptors (Lipinski definition) is 2. The van der Waals surface area contributed by atoms with Crippen molar-refractivity contribution >= 4 is 15.9 Å². The lowest BCUT2D eigenvalue weighted by Crippen LogP contribution is -2.17. The fourth-order valence-electron chi connectivity index (χ4n) is 2.02. The summed E-state index contributed by atoms with van der Waals surface area (Å²) < 4.78 is 6.86. The van der Waals surface area contributed by atoms with Crippen LogP contribution in [0.4, 0.5) is 0 Å². The second-order valence-corrected chi connectivity index (χ2v) is 4.60. The van der Waals surface area contributed by atoms with Gasteiger partial charge in [0.25, 0.3) is 0 Å². The summed E-state index contributed by atoms with van der Waals surface area (Å²) in [5, 5.41) is 0. The molecule has 1 aliphatic rings. The highest BCUT2D eigenvalue weighted by molar-refractivity contribution is 9.10. The van der Waals surface area contributed by atoms with Crippen molar-refractivity contribution in [2.45, 2.75) is 25.4 Å². The maximum Gasteiger partial charge on any atom is 0.123 e. The van der Waals surface area contributed by atoms with E-state index in [-0.39, 0.29) is 6.10 Å². The molecule has 1 aliphatic heterocycles. The Morgan fingerprint density at radius 3 is 3.00 bits per heavy atom. The summed E-state index contributed by atoms with van der Waals surface area (Å²) in [6.45, 7) is 2.82. The molecule has 2 atom stereocenters. The van der Waals surface area contributed by atoms with Crippen molar-refractivity contribution in [3.63, 3.8) is 0 Å². The highest BCUT2D eigenvalue weighted by Gasteiger charge is 2.30. The van der Waals surface area contributed by atoms with E-state index in [1.54, 1.807) is 0 Å². The van der Waals surface area contributed by atoms with Gasteiger partial charge in [0, 0.05) is 16.0 Å². The van der Waals surface area contributed by atoms with Crippen LogP contribution in [0.25, 0.3) is 0 Å². The normalized spacial score (nSPS) is 24.5. The van der Waals surface area contributed by atoms with E-state index >= 15 is 0 Å². The smallest absolute Gasteiger partial charge is 0.123 e. The highest BCUT2D eigenvalue weighted by atomic mass is 79.9. The minimum atomic E-state index is 0.253. The molecule has 14 heavy (non-hydrogen) atoms. The molecule has 0 radical (unpaired) electrons. The van der Waals surface area contributed by atoms with Crippen molar-refractivity contribution in [1.29, 1.82) is 0 Å². The Balaban J connectivity index is 2.34. The number of halogens is 1. The predicted octanol–water partition coefficient (Wildman–Crippen LogP) is 2.66. The Kier molecular flexibility index (Phi) is 2.79. The summed E-state index contributed by atoms with van der Waals surface area (Å²) >= 11 is 3.48. The number of ether oxygens (including phenoxy) is 1. The van der Waals surface area contributed by atoms with Gasteiger partial charge in [-0.25, -0.2) is 0 Å². The molecule has 2 rings (SSSR count). The molecule has 1 aromatic carbocycles. The summed E-state index contributed by atoms with van der Waals surface area (Å²) in [7, 11) is 0. The molecule has 76 valence electrons. The summed E-state index contributed by atoms with van der Waals surface area (Å²) in [5.74, 6) is 1.46. The number of fused-ring (bicyclic) bond motifs is 1. The van der Waals surface area contributed by atoms with Crippen LogP contribution in [-0.4, -0.2) is 12.6 Å². The second-order valence-electron chi connectivity index (χ2n) is 3.69. The number of nitrogens with two attached hydrogens (primary N) is 1. The minimum Gasteiger partial charge on any atom is -0.490 e. The minimum absolute atomic E-state index is 0.253. The summed E-state index contributed by atoms with van der Waals surface area (Å²) in [4.78, 5) is 0. The second kappa shape index (κ2) is 3.91. The van der Waals surface area contributed by atoms with E-state index in [1.807, 2.05) is 12.1 Å². The molecule has 0 saturated heterocycles. The van der Waals surface area contributed by atoms with Gasteiger partial charge in [0.05, 0.1) is 0 Å². The van der Waals surface area contributed by atoms with Crippen LogP contribution >= 0.6 is 15.9 Å². The Morgan fingerprint density at radius 1 is 1.50 bits per heavy atom. The largest absolute Gasteiger partial charge is 0.490 e. The zero-order chi connectivity index (χ0) is 10.1. The molecular formula is C11H14BrNO. The maximum atomic E-state index is 5.75. The molecule has 2 N–H and O–H groups in total. The van der Waals surface area contributed by atoms with Crippen LogP contribution in [0.2, 0.25) is 0 Å². The van der Waals surface area contributed by atoms with Crippen LogP contribution in [0.1, 0.15) is 24.8 Å². The molecular weight excluding hydrogens is 242 g/mol. The predicted molar refractivity (Wildman–Crippen MR) is 60.6 cm³/mol. The maximum absolute atomic E-state index is 5.75. The van der Waals surface area contributed by atoms with Crippen LogP contribution in [0.15, 0.2) is 22.7 Å². The molecule has 0 amide bonds. The zero-order valence-corrected chi connectivity index (χ0v) is 9.75. The van der Waals surface area contributed by atoms with Crippen LogP contribution in [0.3, 0.4) is 0 Å². The molecule has 3 heteroatoms. The Morgan fingerprint density at radius 2 is 2.29 bits per heavy atom. The molecule has 1 heterocycles. The van der Waals surface area contributed by atoms with Crippen molar-refractivity contribution in [1.82, 2.24) is 0 Å². The molecule has 2 unspecified atom stereocenters. The first-order chi connectivity index (χ1) is 6.72. The molecule has 0 bridgehead atoms. The van der Waals surface area contributed by atoms with Crippen LogP contribution in [0.5, 0.6) is 5.75 Å². The summed E-state index contributed by atoms with van der Waals surface area (Å²) in [5.41, 5.74) is 6.89. The Bertz CT molecular complexity index is 340. The lowest BCUT2D eigenvalue weighted by Gasteiger charge is -2.13. The quantitative estimate of drug-likeness (QED) is 0.882. The molecule has 0 aliphatic carbocycles. The van der Waals surface area contributed by atoms with E-state index in [2.05, 4.69) is 28.9 Å². The standard InChI is InChI=1S/C11H14BrNO/c1-7-9(4-5-13)10-6-8(12)2-3-11(10)14-7/h2-3,6-7,9H,4-5,13H2,1H3. The van der Waals surface area contributed by atoms with Gasteiger partial charge in [-0.2, -0.15) is 0 Å². The topological polar surface area (TPSA) is 35.2 Å². The van der Waals surface area contributed by atoms with Gasteiger partial charge >= 0.3 is 0 Å². The van der Waals surface area contributed by atoms with Crippen molar-refractivity contribution in [2.75, 3.05) is 6.54 Å². The van der Waals surface area contributed by atoms with Crippen LogP contribution in [-0.2, 0) is 0 Å². The van der Waals surface area contributed by atoms with Gasteiger partial charge in [0.1, 0.15) is 11.9 Å². The first-order valence-electron chi connectivity index (χ1n) is 4.88. The van der Waals surface area contributed by atoms with Gasteiger partial charge < -0.3 is 10.5 Å². The first-order valence-corrected chi connectivity index (χ1v) is 5.68. The third-order valence-corrected chi connectivity index (χ3v) is 3.22. The lowest BCUT2D eigenvalue weighted by atomic mass is 9.93. The molecule has 2 nitrogen and oxygen atoms in total. The van der Waals surface area contributed by atoms with Crippen molar-refractivity contribution in [3.05, 3.63) is 28.2 Å². The van der Waals surface area contributed by atoms with Crippen molar-refractivity contribution in [3.8, 4) is 5.75 Å². The number of hydrogen-bond donors (Lipinski definition) is 1. The SMILES string of the molecule is CC1Oc2ccc(Br)cc2C1CCN. The molecule has 0 spiro atoms. The highest BCUT2D eigenvalue weighted by Crippen LogP contribution is 2.40. The third kappa shape index (κ3) is 1.66. The van der Waals surface area contributed by atoms with Gasteiger partial charge in [-0.1, -0.05) is 15.9 Å². The lowest BCUT2D eigenvalue weighted by molar-refractivity contribution is 0.222. The van der Waals surface area contributed by atoms with Gasteiger partial charge in [0.15, 0.2) is 0 Å². The summed E-state index contributed by atoms with van der Waals surface area (Å²) in [6, 6.07) is 6.17. The van der Waals surface area contributed by atoms with Crippen molar-refractivity contribution in [2.24, 2.45) is 5.73 Å². The van der Waals surface area contributed by atoms with Gasteiger partial charge in [0.2, 0.25) is 0 Å². The molecule has 0 fully saturated rings. The van der Waals surface area contributed by atoms with E-state index < -0.39 is 0 Å². The van der Waals surface area contributed by atoms with Gasteiger partial charge in [-0.05, 0) is 38.1 Å². The summed E-state index contributed by atoms with van der Waals surface area (Å²) in [6.07, 6.45) is 1.24. The van der Waals surface area contributed by atoms with E-state index in [9.17, 15) is 0 Å². The molecule has 1 aromatic rings. The number of benzene rings is 1. The van der Waals surface area contributed by atoms with Crippen molar-refractivity contribution < 1.29 is 4.74 Å². The fourth-order valence-corrected chi connectivity index (χ4v) is 2.40.